The van der Waals surface area contributed by atoms with Gasteiger partial charge < -0.3 is 19.8 Å². The van der Waals surface area contributed by atoms with Gasteiger partial charge in [0.05, 0.1) is 29.3 Å². The van der Waals surface area contributed by atoms with E-state index in [0.717, 1.165) is 27.7 Å². The molecular formula is C27H25Cl3N2O3. The Morgan fingerprint density at radius 1 is 0.943 bits per heavy atom. The van der Waals surface area contributed by atoms with Crippen molar-refractivity contribution in [2.45, 2.75) is 19.4 Å². The average Bonchev–Trinajstić information content (AvgIpc) is 3.13. The molecule has 0 saturated heterocycles. The van der Waals surface area contributed by atoms with Crippen molar-refractivity contribution < 1.29 is 14.3 Å². The maximum atomic E-state index is 11.6. The molecule has 35 heavy (non-hydrogen) atoms. The molecule has 4 rings (SSSR count). The number of aromatic nitrogens is 1. The summed E-state index contributed by atoms with van der Waals surface area (Å²) in [7, 11) is 1.36. The third-order valence-electron chi connectivity index (χ3n) is 5.85. The molecule has 0 bridgehead atoms. The predicted molar refractivity (Wildman–Crippen MR) is 142 cm³/mol. The summed E-state index contributed by atoms with van der Waals surface area (Å²) in [5, 5.41) is 2.80. The number of methoxy groups -OCH3 is 1. The van der Waals surface area contributed by atoms with Gasteiger partial charge in [-0.15, -0.1) is 0 Å². The molecule has 1 aromatic heterocycles. The van der Waals surface area contributed by atoms with Gasteiger partial charge >= 0.3 is 5.97 Å². The lowest BCUT2D eigenvalue weighted by molar-refractivity contribution is 0.0600. The summed E-state index contributed by atoms with van der Waals surface area (Å²) in [5.41, 5.74) is 10.9. The van der Waals surface area contributed by atoms with Crippen LogP contribution in [0.15, 0.2) is 60.7 Å². The van der Waals surface area contributed by atoms with E-state index in [-0.39, 0.29) is 5.97 Å². The van der Waals surface area contributed by atoms with Crippen LogP contribution >= 0.6 is 34.8 Å². The molecule has 0 saturated carbocycles. The molecule has 0 spiro atoms. The van der Waals surface area contributed by atoms with Crippen LogP contribution in [0, 0.1) is 0 Å². The molecule has 182 valence electrons. The lowest BCUT2D eigenvalue weighted by Gasteiger charge is -2.13. The average molecular weight is 532 g/mol. The molecule has 0 aliphatic rings. The van der Waals surface area contributed by atoms with Crippen LogP contribution in [0.4, 0.5) is 0 Å². The van der Waals surface area contributed by atoms with Crippen molar-refractivity contribution >= 4 is 51.7 Å². The molecule has 0 unspecified atom stereocenters. The summed E-state index contributed by atoms with van der Waals surface area (Å²) in [6.07, 6.45) is 1.37. The number of benzene rings is 3. The van der Waals surface area contributed by atoms with Crippen molar-refractivity contribution in [2.24, 2.45) is 5.73 Å². The number of carbonyl (C=O) groups excluding carboxylic acids is 1. The van der Waals surface area contributed by atoms with Crippen molar-refractivity contribution in [2.75, 3.05) is 20.3 Å². The van der Waals surface area contributed by atoms with E-state index in [9.17, 15) is 4.79 Å². The van der Waals surface area contributed by atoms with Crippen molar-refractivity contribution in [3.63, 3.8) is 0 Å². The van der Waals surface area contributed by atoms with E-state index in [4.69, 9.17) is 50.0 Å². The highest BCUT2D eigenvalue weighted by molar-refractivity contribution is 6.42. The predicted octanol–water partition coefficient (Wildman–Crippen LogP) is 6.56. The zero-order valence-electron chi connectivity index (χ0n) is 19.2. The first-order valence-electron chi connectivity index (χ1n) is 11.2. The minimum Gasteiger partial charge on any atom is -0.493 e. The Hall–Kier alpha value is -2.70. The molecule has 5 nitrogen and oxygen atoms in total. The van der Waals surface area contributed by atoms with Gasteiger partial charge in [0.25, 0.3) is 0 Å². The lowest BCUT2D eigenvalue weighted by Crippen LogP contribution is -2.13. The second-order valence-electron chi connectivity index (χ2n) is 8.07. The normalized spacial score (nSPS) is 11.1. The molecule has 0 amide bonds. The minimum atomic E-state index is -0.380. The van der Waals surface area contributed by atoms with Gasteiger partial charge in [-0.25, -0.2) is 4.79 Å². The number of ether oxygens (including phenoxy) is 2. The molecule has 0 aliphatic carbocycles. The number of hydrogen-bond donors (Lipinski definition) is 1. The summed E-state index contributed by atoms with van der Waals surface area (Å²) >= 11 is 18.8. The molecule has 4 aromatic rings. The highest BCUT2D eigenvalue weighted by Gasteiger charge is 2.18. The molecule has 0 radical (unpaired) electrons. The van der Waals surface area contributed by atoms with E-state index in [2.05, 4.69) is 4.57 Å². The first-order chi connectivity index (χ1) is 16.9. The summed E-state index contributed by atoms with van der Waals surface area (Å²) in [6.45, 7) is 1.59. The topological polar surface area (TPSA) is 66.5 Å². The fraction of sp³-hybridized carbons (Fsp3) is 0.222. The van der Waals surface area contributed by atoms with Gasteiger partial charge in [0.1, 0.15) is 5.75 Å². The third kappa shape index (κ3) is 5.76. The van der Waals surface area contributed by atoms with Gasteiger partial charge in [0.15, 0.2) is 0 Å². The Morgan fingerprint density at radius 2 is 1.71 bits per heavy atom. The van der Waals surface area contributed by atoms with Gasteiger partial charge in [-0.1, -0.05) is 40.9 Å². The smallest absolute Gasteiger partial charge is 0.337 e. The zero-order chi connectivity index (χ0) is 24.9. The Balaban J connectivity index is 1.63. The number of nitrogens with zero attached hydrogens (tertiary/aromatic N) is 1. The van der Waals surface area contributed by atoms with Gasteiger partial charge in [-0.05, 0) is 72.3 Å². The van der Waals surface area contributed by atoms with Crippen LogP contribution in [-0.4, -0.2) is 30.8 Å². The Morgan fingerprint density at radius 3 is 2.40 bits per heavy atom. The number of carbonyl (C=O) groups is 1. The minimum absolute atomic E-state index is 0.380. The van der Waals surface area contributed by atoms with Crippen molar-refractivity contribution in [3.8, 4) is 5.75 Å². The Labute approximate surface area is 219 Å². The van der Waals surface area contributed by atoms with Crippen LogP contribution in [0.5, 0.6) is 5.75 Å². The van der Waals surface area contributed by atoms with Crippen molar-refractivity contribution in [1.82, 2.24) is 4.57 Å². The van der Waals surface area contributed by atoms with Gasteiger partial charge in [0, 0.05) is 41.0 Å². The number of halogens is 3. The largest absolute Gasteiger partial charge is 0.493 e. The first-order valence-corrected chi connectivity index (χ1v) is 12.3. The maximum absolute atomic E-state index is 11.6. The van der Waals surface area contributed by atoms with Gasteiger partial charge in [0.2, 0.25) is 0 Å². The number of esters is 1. The number of fused-ring (bicyclic) bond motifs is 1. The summed E-state index contributed by atoms with van der Waals surface area (Å²) in [5.74, 6) is 0.297. The van der Waals surface area contributed by atoms with Crippen LogP contribution in [0.2, 0.25) is 15.1 Å². The van der Waals surface area contributed by atoms with Crippen LogP contribution in [0.25, 0.3) is 10.9 Å². The molecular weight excluding hydrogens is 507 g/mol. The fourth-order valence-electron chi connectivity index (χ4n) is 4.23. The van der Waals surface area contributed by atoms with Crippen LogP contribution in [0.3, 0.4) is 0 Å². The van der Waals surface area contributed by atoms with Crippen LogP contribution < -0.4 is 10.5 Å². The molecule has 2 N–H and O–H groups in total. The second-order valence-corrected chi connectivity index (χ2v) is 9.33. The zero-order valence-corrected chi connectivity index (χ0v) is 21.5. The molecule has 8 heteroatoms. The number of rotatable bonds is 9. The van der Waals surface area contributed by atoms with Crippen LogP contribution in [-0.2, 0) is 24.1 Å². The molecule has 0 atom stereocenters. The first kappa shape index (κ1) is 25.4. The summed E-state index contributed by atoms with van der Waals surface area (Å²) in [6, 6.07) is 18.5. The Kier molecular flexibility index (Phi) is 8.24. The van der Waals surface area contributed by atoms with E-state index < -0.39 is 0 Å². The van der Waals surface area contributed by atoms with E-state index in [1.54, 1.807) is 24.3 Å². The monoisotopic (exact) mass is 530 g/mol. The third-order valence-corrected chi connectivity index (χ3v) is 6.82. The standard InChI is InChI=1S/C27H25Cl3N2O3/c1-34-27(33)18-3-6-20(7-4-18)35-13-11-21-22-15-19(28)5-9-25(22)32(26(21)10-12-31)16-17-2-8-23(29)24(30)14-17/h2-9,14-15H,10-13,16,31H2,1H3. The highest BCUT2D eigenvalue weighted by Crippen LogP contribution is 2.32. The fourth-order valence-corrected chi connectivity index (χ4v) is 4.72. The molecule has 0 aliphatic heterocycles. The second kappa shape index (κ2) is 11.4. The summed E-state index contributed by atoms with van der Waals surface area (Å²) < 4.78 is 13.0. The van der Waals surface area contributed by atoms with Gasteiger partial charge in [-0.3, -0.25) is 0 Å². The molecule has 0 fully saturated rings. The van der Waals surface area contributed by atoms with E-state index in [1.165, 1.54) is 7.11 Å². The molecule has 3 aromatic carbocycles. The number of nitrogens with two attached hydrogens (primary N) is 1. The quantitative estimate of drug-likeness (QED) is 0.248. The van der Waals surface area contributed by atoms with Gasteiger partial charge in [-0.2, -0.15) is 0 Å². The SMILES string of the molecule is COC(=O)c1ccc(OCCc2c(CCN)n(Cc3ccc(Cl)c(Cl)c3)c3ccc(Cl)cc23)cc1. The summed E-state index contributed by atoms with van der Waals surface area (Å²) in [4.78, 5) is 11.6. The van der Waals surface area contributed by atoms with Crippen molar-refractivity contribution in [1.29, 1.82) is 0 Å². The van der Waals surface area contributed by atoms with E-state index in [0.29, 0.717) is 58.9 Å². The van der Waals surface area contributed by atoms with E-state index >= 15 is 0 Å². The Bertz CT molecular complexity index is 1350. The van der Waals surface area contributed by atoms with E-state index in [1.807, 2.05) is 36.4 Å². The highest BCUT2D eigenvalue weighted by atomic mass is 35.5. The van der Waals surface area contributed by atoms with Crippen LogP contribution in [0.1, 0.15) is 27.2 Å². The van der Waals surface area contributed by atoms with Crippen molar-refractivity contribution in [3.05, 3.63) is 98.1 Å². The maximum Gasteiger partial charge on any atom is 0.337 e. The molecule has 1 heterocycles. The number of hydrogen-bond acceptors (Lipinski definition) is 4. The lowest BCUT2D eigenvalue weighted by atomic mass is 10.1.